The van der Waals surface area contributed by atoms with Crippen molar-refractivity contribution in [3.63, 3.8) is 0 Å². The Morgan fingerprint density at radius 3 is 2.44 bits per heavy atom. The Hall–Kier alpha value is -2.04. The highest BCUT2D eigenvalue weighted by Gasteiger charge is 2.16. The molecule has 0 aliphatic heterocycles. The summed E-state index contributed by atoms with van der Waals surface area (Å²) in [5.74, 6) is -0.303. The van der Waals surface area contributed by atoms with Gasteiger partial charge in [0.05, 0.1) is 12.5 Å². The van der Waals surface area contributed by atoms with Gasteiger partial charge in [-0.05, 0) is 29.7 Å². The van der Waals surface area contributed by atoms with E-state index in [0.29, 0.717) is 23.0 Å². The van der Waals surface area contributed by atoms with Crippen molar-refractivity contribution in [3.05, 3.63) is 69.7 Å². The number of benzene rings is 2. The summed E-state index contributed by atoms with van der Waals surface area (Å²) in [6, 6.07) is 14.4. The van der Waals surface area contributed by atoms with Crippen molar-refractivity contribution in [3.8, 4) is 0 Å². The average molecular weight is 379 g/mol. The molecular formula is C19H20Cl2N2O2. The van der Waals surface area contributed by atoms with Gasteiger partial charge >= 0.3 is 0 Å². The molecule has 2 aromatic carbocycles. The molecule has 0 radical (unpaired) electrons. The summed E-state index contributed by atoms with van der Waals surface area (Å²) in [5, 5.41) is 6.85. The van der Waals surface area contributed by atoms with Gasteiger partial charge in [-0.1, -0.05) is 59.6 Å². The zero-order valence-electron chi connectivity index (χ0n) is 13.9. The molecule has 4 nitrogen and oxygen atoms in total. The third-order valence-electron chi connectivity index (χ3n) is 3.70. The highest BCUT2D eigenvalue weighted by Crippen LogP contribution is 2.21. The van der Waals surface area contributed by atoms with Gasteiger partial charge < -0.3 is 10.6 Å². The minimum absolute atomic E-state index is 0.132. The molecule has 0 saturated heterocycles. The third kappa shape index (κ3) is 6.40. The predicted molar refractivity (Wildman–Crippen MR) is 101 cm³/mol. The Labute approximate surface area is 157 Å². The summed E-state index contributed by atoms with van der Waals surface area (Å²) in [5.41, 5.74) is 1.82. The molecule has 6 heteroatoms. The van der Waals surface area contributed by atoms with Gasteiger partial charge in [-0.15, -0.1) is 0 Å². The smallest absolute Gasteiger partial charge is 0.222 e. The predicted octanol–water partition coefficient (Wildman–Crippen LogP) is 3.92. The fourth-order valence-electron chi connectivity index (χ4n) is 2.50. The Morgan fingerprint density at radius 2 is 1.80 bits per heavy atom. The fraction of sp³-hybridized carbons (Fsp3) is 0.263. The van der Waals surface area contributed by atoms with Crippen LogP contribution < -0.4 is 10.6 Å². The normalized spacial score (nSPS) is 11.6. The van der Waals surface area contributed by atoms with E-state index in [-0.39, 0.29) is 24.3 Å². The number of nitrogens with one attached hydrogen (secondary N) is 2. The SMILES string of the molecule is CC(=O)NC(CC(=O)NCCc1ccc(Cl)cc1Cl)c1ccccc1. The van der Waals surface area contributed by atoms with Crippen LogP contribution in [-0.2, 0) is 16.0 Å². The minimum Gasteiger partial charge on any atom is -0.356 e. The lowest BCUT2D eigenvalue weighted by atomic mass is 10.0. The fourth-order valence-corrected chi connectivity index (χ4v) is 3.00. The Morgan fingerprint density at radius 1 is 1.08 bits per heavy atom. The molecular weight excluding hydrogens is 359 g/mol. The molecule has 2 amide bonds. The summed E-state index contributed by atoms with van der Waals surface area (Å²) < 4.78 is 0. The molecule has 132 valence electrons. The highest BCUT2D eigenvalue weighted by atomic mass is 35.5. The van der Waals surface area contributed by atoms with Crippen molar-refractivity contribution in [1.29, 1.82) is 0 Å². The lowest BCUT2D eigenvalue weighted by molar-refractivity contribution is -0.122. The van der Waals surface area contributed by atoms with Gasteiger partial charge in [-0.3, -0.25) is 9.59 Å². The summed E-state index contributed by atoms with van der Waals surface area (Å²) in [6.07, 6.45) is 0.788. The van der Waals surface area contributed by atoms with E-state index in [1.165, 1.54) is 6.92 Å². The summed E-state index contributed by atoms with van der Waals surface area (Å²) in [7, 11) is 0. The first-order valence-corrected chi connectivity index (χ1v) is 8.74. The van der Waals surface area contributed by atoms with Gasteiger partial charge in [0.15, 0.2) is 0 Å². The average Bonchev–Trinajstić information content (AvgIpc) is 2.56. The number of hydrogen-bond donors (Lipinski definition) is 2. The molecule has 0 aliphatic rings. The maximum absolute atomic E-state index is 12.2. The highest BCUT2D eigenvalue weighted by molar-refractivity contribution is 6.35. The monoisotopic (exact) mass is 378 g/mol. The standard InChI is InChI=1S/C19H20Cl2N2O2/c1-13(24)23-18(15-5-3-2-4-6-15)12-19(25)22-10-9-14-7-8-16(20)11-17(14)21/h2-8,11,18H,9-10,12H2,1H3,(H,22,25)(H,23,24). The third-order valence-corrected chi connectivity index (χ3v) is 4.29. The van der Waals surface area contributed by atoms with Crippen LogP contribution in [0.15, 0.2) is 48.5 Å². The largest absolute Gasteiger partial charge is 0.356 e. The van der Waals surface area contributed by atoms with Crippen LogP contribution in [0.1, 0.15) is 30.5 Å². The molecule has 25 heavy (non-hydrogen) atoms. The number of rotatable bonds is 7. The number of carbonyl (C=O) groups excluding carboxylic acids is 2. The van der Waals surface area contributed by atoms with Crippen LogP contribution in [0.4, 0.5) is 0 Å². The number of halogens is 2. The van der Waals surface area contributed by atoms with Crippen molar-refractivity contribution < 1.29 is 9.59 Å². The Bertz CT molecular complexity index is 735. The van der Waals surface area contributed by atoms with Crippen LogP contribution in [-0.4, -0.2) is 18.4 Å². The van der Waals surface area contributed by atoms with Gasteiger partial charge in [0.25, 0.3) is 0 Å². The summed E-state index contributed by atoms with van der Waals surface area (Å²) >= 11 is 12.0. The number of amides is 2. The lowest BCUT2D eigenvalue weighted by Gasteiger charge is -2.18. The van der Waals surface area contributed by atoms with E-state index >= 15 is 0 Å². The van der Waals surface area contributed by atoms with Crippen molar-refractivity contribution in [1.82, 2.24) is 10.6 Å². The first kappa shape index (κ1) is 19.3. The lowest BCUT2D eigenvalue weighted by Crippen LogP contribution is -2.33. The first-order valence-electron chi connectivity index (χ1n) is 7.98. The van der Waals surface area contributed by atoms with Crippen LogP contribution in [0.2, 0.25) is 10.0 Å². The van der Waals surface area contributed by atoms with Gasteiger partial charge in [0.2, 0.25) is 11.8 Å². The van der Waals surface area contributed by atoms with Crippen LogP contribution >= 0.6 is 23.2 Å². The molecule has 0 spiro atoms. The molecule has 0 aromatic heterocycles. The van der Waals surface area contributed by atoms with Crippen molar-refractivity contribution in [2.24, 2.45) is 0 Å². The van der Waals surface area contributed by atoms with Gasteiger partial charge in [-0.25, -0.2) is 0 Å². The van der Waals surface area contributed by atoms with E-state index in [1.54, 1.807) is 12.1 Å². The molecule has 0 saturated carbocycles. The molecule has 0 fully saturated rings. The van der Waals surface area contributed by atoms with E-state index in [9.17, 15) is 9.59 Å². The first-order chi connectivity index (χ1) is 12.0. The maximum atomic E-state index is 12.2. The molecule has 1 atom stereocenters. The molecule has 0 aliphatic carbocycles. The van der Waals surface area contributed by atoms with Gasteiger partial charge in [0, 0.05) is 23.5 Å². The Kier molecular flexibility index (Phi) is 7.29. The second-order valence-electron chi connectivity index (χ2n) is 5.70. The zero-order chi connectivity index (χ0) is 18.2. The topological polar surface area (TPSA) is 58.2 Å². The van der Waals surface area contributed by atoms with E-state index < -0.39 is 0 Å². The molecule has 0 heterocycles. The van der Waals surface area contributed by atoms with Gasteiger partial charge in [-0.2, -0.15) is 0 Å². The molecule has 2 N–H and O–H groups in total. The Balaban J connectivity index is 1.89. The molecule has 2 rings (SSSR count). The molecule has 1 unspecified atom stereocenters. The maximum Gasteiger partial charge on any atom is 0.222 e. The van der Waals surface area contributed by atoms with Crippen LogP contribution in [0.5, 0.6) is 0 Å². The quantitative estimate of drug-likeness (QED) is 0.766. The van der Waals surface area contributed by atoms with Crippen molar-refractivity contribution >= 4 is 35.0 Å². The van der Waals surface area contributed by atoms with E-state index in [2.05, 4.69) is 10.6 Å². The van der Waals surface area contributed by atoms with E-state index in [4.69, 9.17) is 23.2 Å². The van der Waals surface area contributed by atoms with E-state index in [1.807, 2.05) is 36.4 Å². The van der Waals surface area contributed by atoms with Crippen LogP contribution in [0.25, 0.3) is 0 Å². The molecule has 0 bridgehead atoms. The number of hydrogen-bond acceptors (Lipinski definition) is 2. The second-order valence-corrected chi connectivity index (χ2v) is 6.55. The zero-order valence-corrected chi connectivity index (χ0v) is 15.4. The summed E-state index contributed by atoms with van der Waals surface area (Å²) in [6.45, 7) is 1.90. The van der Waals surface area contributed by atoms with Crippen molar-refractivity contribution in [2.75, 3.05) is 6.54 Å². The van der Waals surface area contributed by atoms with Gasteiger partial charge in [0.1, 0.15) is 0 Å². The summed E-state index contributed by atoms with van der Waals surface area (Å²) in [4.78, 5) is 23.6. The number of carbonyl (C=O) groups is 2. The van der Waals surface area contributed by atoms with E-state index in [0.717, 1.165) is 11.1 Å². The van der Waals surface area contributed by atoms with Crippen LogP contribution in [0, 0.1) is 0 Å². The minimum atomic E-state index is -0.349. The van der Waals surface area contributed by atoms with Crippen molar-refractivity contribution in [2.45, 2.75) is 25.8 Å². The molecule has 2 aromatic rings. The van der Waals surface area contributed by atoms with Crippen LogP contribution in [0.3, 0.4) is 0 Å². The second kappa shape index (κ2) is 9.44.